The molecule has 1 aliphatic rings. The van der Waals surface area contributed by atoms with Crippen LogP contribution < -0.4 is 11.4 Å². The molecule has 0 radical (unpaired) electrons. The zero-order chi connectivity index (χ0) is 15.8. The molecular weight excluding hydrogens is 285 g/mol. The average molecular weight is 299 g/mol. The van der Waals surface area contributed by atoms with Gasteiger partial charge in [0.1, 0.15) is 24.7 Å². The Morgan fingerprint density at radius 3 is 2.76 bits per heavy atom. The van der Waals surface area contributed by atoms with E-state index >= 15 is 0 Å². The molecule has 2 rings (SSSR count). The maximum atomic E-state index is 13.1. The number of nitrogen functional groups attached to an aromatic ring is 1. The Morgan fingerprint density at radius 2 is 2.29 bits per heavy atom. The van der Waals surface area contributed by atoms with Crippen molar-refractivity contribution in [2.75, 3.05) is 19.0 Å². The SMILES string of the molecule is C#Cc1cn([C@@H]2O[C@@](CO)(CF)[C@@H](O)[C@@H]2O)c(=O)nc1N. The molecule has 0 amide bonds. The van der Waals surface area contributed by atoms with Crippen molar-refractivity contribution in [2.24, 2.45) is 0 Å². The molecule has 5 N–H and O–H groups in total. The molecule has 1 aromatic heterocycles. The number of rotatable bonds is 3. The van der Waals surface area contributed by atoms with Crippen LogP contribution >= 0.6 is 0 Å². The highest BCUT2D eigenvalue weighted by Crippen LogP contribution is 2.36. The van der Waals surface area contributed by atoms with Crippen LogP contribution in [0.25, 0.3) is 0 Å². The molecule has 1 aromatic rings. The number of nitrogens with zero attached hydrogens (tertiary/aromatic N) is 2. The summed E-state index contributed by atoms with van der Waals surface area (Å²) >= 11 is 0. The van der Waals surface area contributed by atoms with Gasteiger partial charge in [0.2, 0.25) is 0 Å². The van der Waals surface area contributed by atoms with E-state index in [1.807, 2.05) is 0 Å². The fourth-order valence-corrected chi connectivity index (χ4v) is 2.13. The monoisotopic (exact) mass is 299 g/mol. The number of terminal acetylenes is 1. The summed E-state index contributed by atoms with van der Waals surface area (Å²) in [6, 6.07) is 0. The molecular formula is C12H14FN3O5. The van der Waals surface area contributed by atoms with Crippen LogP contribution in [0.4, 0.5) is 10.2 Å². The van der Waals surface area contributed by atoms with Crippen molar-refractivity contribution in [3.05, 3.63) is 22.2 Å². The van der Waals surface area contributed by atoms with E-state index in [-0.39, 0.29) is 11.4 Å². The number of hydrogen-bond acceptors (Lipinski definition) is 7. The first-order chi connectivity index (χ1) is 9.90. The topological polar surface area (TPSA) is 131 Å². The molecule has 0 aromatic carbocycles. The zero-order valence-corrected chi connectivity index (χ0v) is 10.8. The van der Waals surface area contributed by atoms with Gasteiger partial charge >= 0.3 is 5.69 Å². The number of alkyl halides is 1. The average Bonchev–Trinajstić information content (AvgIpc) is 2.73. The van der Waals surface area contributed by atoms with Crippen molar-refractivity contribution in [3.8, 4) is 12.3 Å². The molecule has 1 saturated heterocycles. The van der Waals surface area contributed by atoms with Crippen LogP contribution in [0.2, 0.25) is 0 Å². The largest absolute Gasteiger partial charge is 0.393 e. The summed E-state index contributed by atoms with van der Waals surface area (Å²) in [6.45, 7) is -2.13. The number of aliphatic hydroxyl groups excluding tert-OH is 3. The van der Waals surface area contributed by atoms with Gasteiger partial charge in [-0.2, -0.15) is 4.98 Å². The third-order valence-electron chi connectivity index (χ3n) is 3.41. The van der Waals surface area contributed by atoms with Crippen LogP contribution in [0.3, 0.4) is 0 Å². The van der Waals surface area contributed by atoms with Crippen LogP contribution in [-0.2, 0) is 4.74 Å². The normalized spacial score (nSPS) is 32.0. The highest BCUT2D eigenvalue weighted by Gasteiger charge is 2.55. The van der Waals surface area contributed by atoms with Crippen molar-refractivity contribution >= 4 is 5.82 Å². The Labute approximate surface area is 118 Å². The Morgan fingerprint density at radius 1 is 1.62 bits per heavy atom. The lowest BCUT2D eigenvalue weighted by Crippen LogP contribution is -2.48. The number of nitrogens with two attached hydrogens (primary N) is 1. The van der Waals surface area contributed by atoms with E-state index in [2.05, 4.69) is 10.9 Å². The number of anilines is 1. The van der Waals surface area contributed by atoms with Gasteiger partial charge in [-0.05, 0) is 0 Å². The summed E-state index contributed by atoms with van der Waals surface area (Å²) in [5.74, 6) is 2.02. The van der Waals surface area contributed by atoms with Crippen molar-refractivity contribution in [3.63, 3.8) is 0 Å². The quantitative estimate of drug-likeness (QED) is 0.464. The number of halogens is 1. The number of aliphatic hydroxyl groups is 3. The van der Waals surface area contributed by atoms with Crippen LogP contribution in [-0.4, -0.2) is 56.0 Å². The number of aromatic nitrogens is 2. The highest BCUT2D eigenvalue weighted by atomic mass is 19.1. The first kappa shape index (κ1) is 15.4. The van der Waals surface area contributed by atoms with Crippen molar-refractivity contribution in [1.29, 1.82) is 0 Å². The smallest absolute Gasteiger partial charge is 0.351 e. The summed E-state index contributed by atoms with van der Waals surface area (Å²) in [5, 5.41) is 29.0. The maximum absolute atomic E-state index is 13.1. The van der Waals surface area contributed by atoms with Gasteiger partial charge in [-0.1, -0.05) is 5.92 Å². The second-order valence-electron chi connectivity index (χ2n) is 4.67. The van der Waals surface area contributed by atoms with Crippen molar-refractivity contribution < 1.29 is 24.4 Å². The van der Waals surface area contributed by atoms with Gasteiger partial charge in [-0.15, -0.1) is 6.42 Å². The molecule has 0 saturated carbocycles. The van der Waals surface area contributed by atoms with Crippen molar-refractivity contribution in [1.82, 2.24) is 9.55 Å². The van der Waals surface area contributed by atoms with E-state index < -0.39 is 43.0 Å². The molecule has 1 aliphatic heterocycles. The number of hydrogen-bond donors (Lipinski definition) is 4. The molecule has 1 fully saturated rings. The first-order valence-electron chi connectivity index (χ1n) is 5.96. The van der Waals surface area contributed by atoms with E-state index in [9.17, 15) is 24.5 Å². The second-order valence-corrected chi connectivity index (χ2v) is 4.67. The second kappa shape index (κ2) is 5.42. The van der Waals surface area contributed by atoms with Gasteiger partial charge in [0.15, 0.2) is 11.8 Å². The molecule has 4 atom stereocenters. The standard InChI is InChI=1S/C12H14FN3O5/c1-2-6-3-16(11(20)15-9(6)14)10-7(18)8(19)12(4-13,5-17)21-10/h1,3,7-8,10,17-19H,4-5H2,(H2,14,15,20)/t7-,8-,10+,12+/m0/s1. The maximum Gasteiger partial charge on any atom is 0.351 e. The minimum absolute atomic E-state index is 0.0710. The predicted octanol–water partition coefficient (Wildman–Crippen LogP) is -2.24. The summed E-state index contributed by atoms with van der Waals surface area (Å²) < 4.78 is 19.0. The van der Waals surface area contributed by atoms with Gasteiger partial charge in [-0.25, -0.2) is 9.18 Å². The molecule has 114 valence electrons. The first-order valence-corrected chi connectivity index (χ1v) is 5.96. The third kappa shape index (κ3) is 2.28. The fourth-order valence-electron chi connectivity index (χ4n) is 2.13. The van der Waals surface area contributed by atoms with Crippen LogP contribution in [0, 0.1) is 12.3 Å². The third-order valence-corrected chi connectivity index (χ3v) is 3.41. The van der Waals surface area contributed by atoms with E-state index in [0.29, 0.717) is 0 Å². The Bertz CT molecular complexity index is 637. The summed E-state index contributed by atoms with van der Waals surface area (Å²) in [6.07, 6.45) is 1.48. The lowest BCUT2D eigenvalue weighted by atomic mass is 9.98. The summed E-state index contributed by atoms with van der Waals surface area (Å²) in [4.78, 5) is 15.3. The molecule has 0 unspecified atom stereocenters. The Kier molecular flexibility index (Phi) is 3.97. The Balaban J connectivity index is 2.49. The van der Waals surface area contributed by atoms with E-state index in [1.165, 1.54) is 0 Å². The van der Waals surface area contributed by atoms with Gasteiger partial charge in [-0.3, -0.25) is 4.57 Å². The van der Waals surface area contributed by atoms with Gasteiger partial charge < -0.3 is 25.8 Å². The van der Waals surface area contributed by atoms with Crippen LogP contribution in [0.1, 0.15) is 11.8 Å². The van der Waals surface area contributed by atoms with E-state index in [4.69, 9.17) is 16.9 Å². The highest BCUT2D eigenvalue weighted by molar-refractivity contribution is 5.47. The van der Waals surface area contributed by atoms with Gasteiger partial charge in [0, 0.05) is 6.20 Å². The van der Waals surface area contributed by atoms with Gasteiger partial charge in [0.25, 0.3) is 0 Å². The molecule has 0 bridgehead atoms. The molecule has 2 heterocycles. The van der Waals surface area contributed by atoms with Crippen LogP contribution in [0.15, 0.2) is 11.0 Å². The summed E-state index contributed by atoms with van der Waals surface area (Å²) in [7, 11) is 0. The molecule has 8 nitrogen and oxygen atoms in total. The fraction of sp³-hybridized carbons (Fsp3) is 0.500. The molecule has 0 aliphatic carbocycles. The van der Waals surface area contributed by atoms with Crippen LogP contribution in [0.5, 0.6) is 0 Å². The Hall–Kier alpha value is -1.99. The molecule has 0 spiro atoms. The lowest BCUT2D eigenvalue weighted by molar-refractivity contribution is -0.138. The minimum Gasteiger partial charge on any atom is -0.393 e. The molecule has 9 heteroatoms. The number of ether oxygens (including phenoxy) is 1. The lowest BCUT2D eigenvalue weighted by Gasteiger charge is -2.26. The van der Waals surface area contributed by atoms with E-state index in [0.717, 1.165) is 10.8 Å². The molecule has 21 heavy (non-hydrogen) atoms. The zero-order valence-electron chi connectivity index (χ0n) is 10.8. The minimum atomic E-state index is -2.01. The summed E-state index contributed by atoms with van der Waals surface area (Å²) in [5.41, 5.74) is 2.61. The van der Waals surface area contributed by atoms with Crippen molar-refractivity contribution in [2.45, 2.75) is 24.0 Å². The van der Waals surface area contributed by atoms with E-state index in [1.54, 1.807) is 0 Å². The predicted molar refractivity (Wildman–Crippen MR) is 68.8 cm³/mol. The van der Waals surface area contributed by atoms with Gasteiger partial charge in [0.05, 0.1) is 12.2 Å².